The van der Waals surface area contributed by atoms with Gasteiger partial charge in [-0.3, -0.25) is 9.69 Å². The average Bonchev–Trinajstić information content (AvgIpc) is 3.42. The minimum Gasteiger partial charge on any atom is -0.490 e. The van der Waals surface area contributed by atoms with Crippen molar-refractivity contribution in [3.63, 3.8) is 0 Å². The van der Waals surface area contributed by atoms with Gasteiger partial charge in [0.1, 0.15) is 18.5 Å². The van der Waals surface area contributed by atoms with Crippen LogP contribution < -0.4 is 4.74 Å². The Morgan fingerprint density at radius 2 is 1.81 bits per heavy atom. The zero-order valence-corrected chi connectivity index (χ0v) is 17.2. The van der Waals surface area contributed by atoms with Gasteiger partial charge in [0.05, 0.1) is 24.7 Å². The molecule has 164 valence electrons. The Labute approximate surface area is 180 Å². The molecule has 0 spiro atoms. The first kappa shape index (κ1) is 21.4. The summed E-state index contributed by atoms with van der Waals surface area (Å²) in [7, 11) is 0. The molecular weight excluding hydrogens is 398 g/mol. The molecule has 0 radical (unpaired) electrons. The normalized spacial score (nSPS) is 21.3. The minimum absolute atomic E-state index is 0.250. The van der Waals surface area contributed by atoms with E-state index < -0.39 is 6.10 Å². The maximum absolute atomic E-state index is 10.5. The Hall–Kier alpha value is -2.87. The summed E-state index contributed by atoms with van der Waals surface area (Å²) in [5.74, 6) is 0.795. The maximum Gasteiger partial charge on any atom is 0.290 e. The van der Waals surface area contributed by atoms with Gasteiger partial charge in [-0.05, 0) is 42.0 Å². The van der Waals surface area contributed by atoms with E-state index >= 15 is 0 Å². The highest BCUT2D eigenvalue weighted by Crippen LogP contribution is 2.34. The van der Waals surface area contributed by atoms with Crippen molar-refractivity contribution in [1.29, 1.82) is 0 Å². The molecule has 7 nitrogen and oxygen atoms in total. The summed E-state index contributed by atoms with van der Waals surface area (Å²) in [6.07, 6.45) is 5.87. The van der Waals surface area contributed by atoms with Crippen LogP contribution >= 0.6 is 0 Å². The van der Waals surface area contributed by atoms with Gasteiger partial charge in [0.15, 0.2) is 0 Å². The number of nitrogens with zero attached hydrogens (tertiary/aromatic N) is 1. The van der Waals surface area contributed by atoms with Crippen molar-refractivity contribution in [2.75, 3.05) is 26.2 Å². The molecule has 2 bridgehead atoms. The molecule has 2 aliphatic heterocycles. The molecule has 2 N–H and O–H groups in total. The van der Waals surface area contributed by atoms with Gasteiger partial charge in [-0.15, -0.1) is 0 Å². The highest BCUT2D eigenvalue weighted by molar-refractivity contribution is 5.99. The number of hydrogen-bond donors (Lipinski definition) is 2. The van der Waals surface area contributed by atoms with E-state index in [0.29, 0.717) is 18.8 Å². The van der Waals surface area contributed by atoms with E-state index in [1.165, 1.54) is 0 Å². The molecule has 5 rings (SSSR count). The molecule has 0 amide bonds. The molecule has 3 atom stereocenters. The molecule has 7 heteroatoms. The van der Waals surface area contributed by atoms with Crippen molar-refractivity contribution < 1.29 is 28.9 Å². The van der Waals surface area contributed by atoms with Crippen LogP contribution in [0.25, 0.3) is 21.9 Å². The fourth-order valence-electron chi connectivity index (χ4n) is 4.45. The summed E-state index contributed by atoms with van der Waals surface area (Å²) in [4.78, 5) is 10.7. The van der Waals surface area contributed by atoms with Gasteiger partial charge in [0, 0.05) is 30.6 Å². The minimum atomic E-state index is -0.523. The van der Waals surface area contributed by atoms with E-state index in [1.807, 2.05) is 24.3 Å². The summed E-state index contributed by atoms with van der Waals surface area (Å²) in [5.41, 5.74) is 2.16. The van der Waals surface area contributed by atoms with Crippen molar-refractivity contribution >= 4 is 17.2 Å². The third-order valence-corrected chi connectivity index (χ3v) is 5.74. The van der Waals surface area contributed by atoms with Crippen LogP contribution in [0.1, 0.15) is 12.8 Å². The van der Waals surface area contributed by atoms with Crippen LogP contribution in [0.15, 0.2) is 59.4 Å². The van der Waals surface area contributed by atoms with Crippen molar-refractivity contribution in [3.05, 3.63) is 55.0 Å². The number of rotatable bonds is 6. The number of benzene rings is 2. The third kappa shape index (κ3) is 5.07. The quantitative estimate of drug-likeness (QED) is 0.585. The van der Waals surface area contributed by atoms with Crippen LogP contribution in [-0.4, -0.2) is 66.1 Å². The molecule has 2 aromatic carbocycles. The lowest BCUT2D eigenvalue weighted by Gasteiger charge is -2.33. The number of carbonyl (C=O) groups is 1. The summed E-state index contributed by atoms with van der Waals surface area (Å²) >= 11 is 0. The second kappa shape index (κ2) is 9.96. The summed E-state index contributed by atoms with van der Waals surface area (Å²) in [6, 6.07) is 14.2. The highest BCUT2D eigenvalue weighted by Gasteiger charge is 2.34. The van der Waals surface area contributed by atoms with Crippen LogP contribution in [0.4, 0.5) is 0 Å². The van der Waals surface area contributed by atoms with Gasteiger partial charge < -0.3 is 24.1 Å². The van der Waals surface area contributed by atoms with Crippen molar-refractivity contribution in [2.45, 2.75) is 31.2 Å². The van der Waals surface area contributed by atoms with Gasteiger partial charge in [0.2, 0.25) is 0 Å². The molecule has 2 saturated heterocycles. The zero-order chi connectivity index (χ0) is 21.6. The molecule has 3 heterocycles. The molecule has 0 saturated carbocycles. The first-order valence-corrected chi connectivity index (χ1v) is 10.5. The maximum atomic E-state index is 10.5. The predicted octanol–water partition coefficient (Wildman–Crippen LogP) is 3.40. The van der Waals surface area contributed by atoms with Crippen molar-refractivity contribution in [2.24, 2.45) is 0 Å². The Bertz CT molecular complexity index is 977. The summed E-state index contributed by atoms with van der Waals surface area (Å²) < 4.78 is 17.1. The standard InChI is InChI=1S/C23H25NO4.CH2O2/c25-17(11-24-12-18-5-6-19(13-24)28-18)15-27-23-8-7-20(16-9-10-26-14-16)21-3-1-2-4-22(21)23;2-1-3/h1-4,7-10,14,17-19,25H,5-6,11-13,15H2;1H,(H,2,3)/t17?,18-,19+;. The Morgan fingerprint density at radius 3 is 2.48 bits per heavy atom. The highest BCUT2D eigenvalue weighted by atomic mass is 16.5. The lowest BCUT2D eigenvalue weighted by molar-refractivity contribution is -0.122. The topological polar surface area (TPSA) is 92.4 Å². The molecule has 3 aromatic rings. The number of likely N-dealkylation sites (tertiary alicyclic amines) is 1. The lowest BCUT2D eigenvalue weighted by atomic mass is 9.99. The summed E-state index contributed by atoms with van der Waals surface area (Å²) in [5, 5.41) is 19.6. The number of furan rings is 1. The third-order valence-electron chi connectivity index (χ3n) is 5.74. The van der Waals surface area contributed by atoms with Crippen LogP contribution in [0.5, 0.6) is 5.75 Å². The first-order valence-electron chi connectivity index (χ1n) is 10.5. The number of β-amino-alcohol motifs (C(OH)–C–C–N with tert-alkyl or cyclic N) is 1. The molecule has 2 fully saturated rings. The van der Waals surface area contributed by atoms with E-state index in [-0.39, 0.29) is 13.1 Å². The first-order chi connectivity index (χ1) is 15.2. The number of morpholine rings is 1. The molecular formula is C24H27NO6. The Kier molecular flexibility index (Phi) is 6.86. The van der Waals surface area contributed by atoms with E-state index in [9.17, 15) is 5.11 Å². The Morgan fingerprint density at radius 1 is 1.10 bits per heavy atom. The fraction of sp³-hybridized carbons (Fsp3) is 0.375. The predicted molar refractivity (Wildman–Crippen MR) is 116 cm³/mol. The number of hydrogen-bond acceptors (Lipinski definition) is 6. The smallest absolute Gasteiger partial charge is 0.290 e. The number of aliphatic hydroxyl groups excluding tert-OH is 1. The number of aliphatic hydroxyl groups is 1. The van der Waals surface area contributed by atoms with Crippen molar-refractivity contribution in [3.8, 4) is 16.9 Å². The zero-order valence-electron chi connectivity index (χ0n) is 17.2. The van der Waals surface area contributed by atoms with Crippen LogP contribution in [0.2, 0.25) is 0 Å². The van der Waals surface area contributed by atoms with E-state index in [2.05, 4.69) is 23.1 Å². The van der Waals surface area contributed by atoms with Crippen LogP contribution in [-0.2, 0) is 9.53 Å². The van der Waals surface area contributed by atoms with E-state index in [4.69, 9.17) is 23.8 Å². The van der Waals surface area contributed by atoms with E-state index in [0.717, 1.165) is 53.6 Å². The molecule has 31 heavy (non-hydrogen) atoms. The Balaban J connectivity index is 0.000000730. The molecule has 1 aromatic heterocycles. The number of fused-ring (bicyclic) bond motifs is 3. The largest absolute Gasteiger partial charge is 0.490 e. The van der Waals surface area contributed by atoms with E-state index in [1.54, 1.807) is 12.5 Å². The molecule has 2 aliphatic rings. The van der Waals surface area contributed by atoms with Gasteiger partial charge in [-0.25, -0.2) is 0 Å². The van der Waals surface area contributed by atoms with Gasteiger partial charge in [-0.2, -0.15) is 0 Å². The average molecular weight is 425 g/mol. The number of carboxylic acid groups (broad SMARTS) is 1. The van der Waals surface area contributed by atoms with Crippen LogP contribution in [0.3, 0.4) is 0 Å². The second-order valence-corrected chi connectivity index (χ2v) is 7.92. The molecule has 1 unspecified atom stereocenters. The van der Waals surface area contributed by atoms with Crippen molar-refractivity contribution in [1.82, 2.24) is 4.90 Å². The second-order valence-electron chi connectivity index (χ2n) is 7.92. The molecule has 0 aliphatic carbocycles. The SMILES string of the molecule is O=CO.OC(COc1ccc(-c2ccoc2)c2ccccc12)CN1C[C@H]2CC[C@@H](C1)O2. The lowest BCUT2D eigenvalue weighted by Crippen LogP contribution is -2.46. The number of ether oxygens (including phenoxy) is 2. The van der Waals surface area contributed by atoms with Gasteiger partial charge in [-0.1, -0.05) is 24.3 Å². The monoisotopic (exact) mass is 425 g/mol. The van der Waals surface area contributed by atoms with Gasteiger partial charge >= 0.3 is 0 Å². The summed E-state index contributed by atoms with van der Waals surface area (Å²) in [6.45, 7) is 2.48. The van der Waals surface area contributed by atoms with Gasteiger partial charge in [0.25, 0.3) is 6.47 Å². The fourth-order valence-corrected chi connectivity index (χ4v) is 4.45. The van der Waals surface area contributed by atoms with Crippen LogP contribution in [0, 0.1) is 0 Å².